The van der Waals surface area contributed by atoms with Gasteiger partial charge in [-0.05, 0) is 32.0 Å². The van der Waals surface area contributed by atoms with E-state index in [1.54, 1.807) is 12.1 Å². The van der Waals surface area contributed by atoms with Crippen molar-refractivity contribution in [1.82, 2.24) is 10.2 Å². The van der Waals surface area contributed by atoms with Gasteiger partial charge in [0.25, 0.3) is 5.91 Å². The van der Waals surface area contributed by atoms with Crippen molar-refractivity contribution in [2.24, 2.45) is 0 Å². The summed E-state index contributed by atoms with van der Waals surface area (Å²) in [4.78, 5) is 14.7. The molecule has 1 atom stereocenters. The Morgan fingerprint density at radius 2 is 2.17 bits per heavy atom. The summed E-state index contributed by atoms with van der Waals surface area (Å²) >= 11 is 5.99. The first kappa shape index (κ1) is 22.1. The number of hydrogen-bond acceptors (Lipinski definition) is 4. The van der Waals surface area contributed by atoms with Crippen LogP contribution in [0.1, 0.15) is 30.1 Å². The number of benzene rings is 1. The molecule has 1 aliphatic rings. The average molecular weight is 385 g/mol. The smallest absolute Gasteiger partial charge is 0.255 e. The van der Waals surface area contributed by atoms with Crippen molar-refractivity contribution in [1.29, 1.82) is 0 Å². The molecule has 1 fully saturated rings. The Morgan fingerprint density at radius 1 is 1.48 bits per heavy atom. The molecule has 0 aliphatic carbocycles. The fraction of sp³-hybridized carbons (Fsp3) is 0.533. The Kier molecular flexibility index (Phi) is 9.70. The fourth-order valence-corrected chi connectivity index (χ4v) is 2.93. The van der Waals surface area contributed by atoms with E-state index in [0.29, 0.717) is 34.6 Å². The molecule has 8 heteroatoms. The average Bonchev–Trinajstić information content (AvgIpc) is 2.94. The molecule has 1 aromatic rings. The first-order valence-corrected chi connectivity index (χ1v) is 7.59. The molecule has 0 radical (unpaired) electrons. The van der Waals surface area contributed by atoms with Crippen LogP contribution in [-0.4, -0.2) is 43.6 Å². The highest BCUT2D eigenvalue weighted by atomic mass is 35.5. The Labute approximate surface area is 154 Å². The zero-order valence-electron chi connectivity index (χ0n) is 13.3. The maximum Gasteiger partial charge on any atom is 0.255 e. The first-order chi connectivity index (χ1) is 10.1. The van der Waals surface area contributed by atoms with Crippen molar-refractivity contribution in [2.45, 2.75) is 25.8 Å². The van der Waals surface area contributed by atoms with Crippen molar-refractivity contribution in [3.8, 4) is 5.75 Å². The maximum atomic E-state index is 12.3. The predicted octanol–water partition coefficient (Wildman–Crippen LogP) is 2.99. The number of halogens is 3. The molecule has 132 valence electrons. The van der Waals surface area contributed by atoms with Gasteiger partial charge in [0.15, 0.2) is 0 Å². The van der Waals surface area contributed by atoms with Crippen LogP contribution in [-0.2, 0) is 0 Å². The minimum absolute atomic E-state index is 0. The molecule has 1 aromatic carbocycles. The van der Waals surface area contributed by atoms with Gasteiger partial charge in [0.1, 0.15) is 5.75 Å². The van der Waals surface area contributed by atoms with Gasteiger partial charge in [0.05, 0.1) is 23.4 Å². The van der Waals surface area contributed by atoms with Gasteiger partial charge in [0.2, 0.25) is 0 Å². The molecule has 0 bridgehead atoms. The second kappa shape index (κ2) is 10.1. The monoisotopic (exact) mass is 383 g/mol. The predicted molar refractivity (Wildman–Crippen MR) is 99.5 cm³/mol. The third-order valence-electron chi connectivity index (χ3n) is 3.97. The number of nitrogen functional groups attached to an aromatic ring is 1. The number of rotatable bonds is 5. The summed E-state index contributed by atoms with van der Waals surface area (Å²) in [6, 6.07) is 3.54. The van der Waals surface area contributed by atoms with E-state index in [9.17, 15) is 4.79 Å². The number of amides is 1. The number of likely N-dealkylation sites (tertiary alicyclic amines) is 1. The van der Waals surface area contributed by atoms with E-state index < -0.39 is 0 Å². The molecule has 1 heterocycles. The number of hydrogen-bond donors (Lipinski definition) is 2. The first-order valence-electron chi connectivity index (χ1n) is 7.22. The van der Waals surface area contributed by atoms with Crippen molar-refractivity contribution in [3.63, 3.8) is 0 Å². The number of anilines is 1. The van der Waals surface area contributed by atoms with Gasteiger partial charge in [0, 0.05) is 18.7 Å². The molecule has 1 unspecified atom stereocenters. The summed E-state index contributed by atoms with van der Waals surface area (Å²) in [5.41, 5.74) is 6.54. The van der Waals surface area contributed by atoms with Crippen LogP contribution < -0.4 is 15.8 Å². The van der Waals surface area contributed by atoms with E-state index in [1.165, 1.54) is 13.5 Å². The Balaban J connectivity index is 0.00000242. The third kappa shape index (κ3) is 5.31. The lowest BCUT2D eigenvalue weighted by molar-refractivity contribution is 0.0938. The minimum atomic E-state index is -0.184. The van der Waals surface area contributed by atoms with Crippen LogP contribution in [0.4, 0.5) is 5.69 Å². The number of methoxy groups -OCH3 is 1. The van der Waals surface area contributed by atoms with Crippen LogP contribution in [0.15, 0.2) is 12.1 Å². The van der Waals surface area contributed by atoms with Crippen LogP contribution in [0.2, 0.25) is 5.02 Å². The zero-order chi connectivity index (χ0) is 15.4. The number of carbonyl (C=O) groups excluding carboxylic acids is 1. The van der Waals surface area contributed by atoms with E-state index in [1.807, 2.05) is 0 Å². The van der Waals surface area contributed by atoms with Gasteiger partial charge in [-0.15, -0.1) is 24.8 Å². The lowest BCUT2D eigenvalue weighted by atomic mass is 10.1. The molecule has 0 saturated carbocycles. The van der Waals surface area contributed by atoms with E-state index in [2.05, 4.69) is 17.1 Å². The number of likely N-dealkylation sites (N-methyl/N-ethyl adjacent to an activating group) is 1. The van der Waals surface area contributed by atoms with Crippen LogP contribution in [0, 0.1) is 0 Å². The Morgan fingerprint density at radius 3 is 2.78 bits per heavy atom. The molecule has 3 N–H and O–H groups in total. The second-order valence-electron chi connectivity index (χ2n) is 5.21. The van der Waals surface area contributed by atoms with Crippen molar-refractivity contribution in [2.75, 3.05) is 32.5 Å². The van der Waals surface area contributed by atoms with Gasteiger partial charge in [-0.25, -0.2) is 0 Å². The number of nitrogens with one attached hydrogen (secondary N) is 1. The number of nitrogens with zero attached hydrogens (tertiary/aromatic N) is 1. The van der Waals surface area contributed by atoms with Crippen molar-refractivity contribution in [3.05, 3.63) is 22.7 Å². The maximum absolute atomic E-state index is 12.3. The Hall–Kier alpha value is -0.880. The molecule has 5 nitrogen and oxygen atoms in total. The van der Waals surface area contributed by atoms with E-state index in [0.717, 1.165) is 19.5 Å². The lowest BCUT2D eigenvalue weighted by Crippen LogP contribution is -2.40. The molecular formula is C15H24Cl3N3O2. The van der Waals surface area contributed by atoms with Crippen molar-refractivity contribution >= 4 is 48.0 Å². The Bertz CT molecular complexity index is 529. The molecule has 2 rings (SSSR count). The van der Waals surface area contributed by atoms with Gasteiger partial charge in [-0.2, -0.15) is 0 Å². The SMILES string of the molecule is CCN1CCCC1CNC(=O)c1cc(Cl)c(N)cc1OC.Cl.Cl. The van der Waals surface area contributed by atoms with E-state index in [-0.39, 0.29) is 30.7 Å². The highest BCUT2D eigenvalue weighted by Gasteiger charge is 2.24. The fourth-order valence-electron chi connectivity index (χ4n) is 2.76. The summed E-state index contributed by atoms with van der Waals surface area (Å²) < 4.78 is 5.21. The molecule has 1 amide bonds. The normalized spacial score (nSPS) is 17.1. The number of ether oxygens (including phenoxy) is 1. The van der Waals surface area contributed by atoms with Gasteiger partial charge < -0.3 is 15.8 Å². The zero-order valence-corrected chi connectivity index (χ0v) is 15.7. The quantitative estimate of drug-likeness (QED) is 0.766. The highest BCUT2D eigenvalue weighted by Crippen LogP contribution is 2.28. The lowest BCUT2D eigenvalue weighted by Gasteiger charge is -2.23. The van der Waals surface area contributed by atoms with E-state index >= 15 is 0 Å². The molecular weight excluding hydrogens is 361 g/mol. The summed E-state index contributed by atoms with van der Waals surface area (Å²) in [5.74, 6) is 0.255. The molecule has 0 spiro atoms. The van der Waals surface area contributed by atoms with Crippen LogP contribution >= 0.6 is 36.4 Å². The standard InChI is InChI=1S/C15H22ClN3O2.2ClH/c1-3-19-6-4-5-10(19)9-18-15(20)11-7-12(16)13(17)8-14(11)21-2;;/h7-8,10H,3-6,9,17H2,1-2H3,(H,18,20);2*1H. The van der Waals surface area contributed by atoms with E-state index in [4.69, 9.17) is 22.1 Å². The summed E-state index contributed by atoms with van der Waals surface area (Å²) in [5, 5.41) is 3.32. The summed E-state index contributed by atoms with van der Waals surface area (Å²) in [6.07, 6.45) is 2.30. The van der Waals surface area contributed by atoms with Crippen LogP contribution in [0.3, 0.4) is 0 Å². The second-order valence-corrected chi connectivity index (χ2v) is 5.62. The largest absolute Gasteiger partial charge is 0.496 e. The molecule has 0 aromatic heterocycles. The van der Waals surface area contributed by atoms with Gasteiger partial charge in [-0.1, -0.05) is 18.5 Å². The van der Waals surface area contributed by atoms with Crippen LogP contribution in [0.25, 0.3) is 0 Å². The molecule has 1 saturated heterocycles. The molecule has 1 aliphatic heterocycles. The molecule has 23 heavy (non-hydrogen) atoms. The number of carbonyl (C=O) groups is 1. The topological polar surface area (TPSA) is 67.6 Å². The highest BCUT2D eigenvalue weighted by molar-refractivity contribution is 6.33. The van der Waals surface area contributed by atoms with Gasteiger partial charge >= 0.3 is 0 Å². The summed E-state index contributed by atoms with van der Waals surface area (Å²) in [6.45, 7) is 4.90. The van der Waals surface area contributed by atoms with Crippen molar-refractivity contribution < 1.29 is 9.53 Å². The third-order valence-corrected chi connectivity index (χ3v) is 4.29. The van der Waals surface area contributed by atoms with Gasteiger partial charge in [-0.3, -0.25) is 9.69 Å². The number of nitrogens with two attached hydrogens (primary N) is 1. The van der Waals surface area contributed by atoms with Crippen LogP contribution in [0.5, 0.6) is 5.75 Å². The summed E-state index contributed by atoms with van der Waals surface area (Å²) in [7, 11) is 1.51. The minimum Gasteiger partial charge on any atom is -0.496 e.